The molecule has 4 aliphatic rings. The molecule has 222 valence electrons. The lowest BCUT2D eigenvalue weighted by Crippen LogP contribution is -2.55. The number of aromatic nitrogens is 2. The van der Waals surface area contributed by atoms with Gasteiger partial charge in [-0.05, 0) is 69.0 Å². The third-order valence-electron chi connectivity index (χ3n) is 9.44. The first-order valence-corrected chi connectivity index (χ1v) is 15.3. The van der Waals surface area contributed by atoms with Crippen molar-refractivity contribution in [1.29, 1.82) is 5.26 Å². The Morgan fingerprint density at radius 1 is 1.10 bits per heavy atom. The zero-order valence-electron chi connectivity index (χ0n) is 25.0. The van der Waals surface area contributed by atoms with Gasteiger partial charge in [0.2, 0.25) is 11.8 Å². The van der Waals surface area contributed by atoms with Crippen molar-refractivity contribution in [2.24, 2.45) is 0 Å². The molecule has 0 unspecified atom stereocenters. The van der Waals surface area contributed by atoms with E-state index >= 15 is 0 Å². The predicted molar refractivity (Wildman–Crippen MR) is 164 cm³/mol. The van der Waals surface area contributed by atoms with E-state index in [4.69, 9.17) is 14.7 Å². The number of fused-ring (bicyclic) bond motifs is 2. The predicted octanol–water partition coefficient (Wildman–Crippen LogP) is 3.01. The number of amides is 1. The maximum absolute atomic E-state index is 12.5. The molecule has 0 saturated carbocycles. The van der Waals surface area contributed by atoms with Gasteiger partial charge in [0.05, 0.1) is 24.2 Å². The quantitative estimate of drug-likeness (QED) is 0.466. The van der Waals surface area contributed by atoms with Crippen molar-refractivity contribution in [3.8, 4) is 11.9 Å². The van der Waals surface area contributed by atoms with Crippen LogP contribution < -0.4 is 19.4 Å². The molecule has 2 aromatic rings. The molecule has 2 atom stereocenters. The summed E-state index contributed by atoms with van der Waals surface area (Å²) in [7, 11) is 4.33. The second-order valence-electron chi connectivity index (χ2n) is 12.0. The molecule has 0 aromatic carbocycles. The summed E-state index contributed by atoms with van der Waals surface area (Å²) < 4.78 is 6.41. The van der Waals surface area contributed by atoms with Crippen LogP contribution in [-0.4, -0.2) is 97.7 Å². The maximum Gasteiger partial charge on any atom is 0.246 e. The topological polar surface area (TPSA) is 92.1 Å². The second-order valence-corrected chi connectivity index (χ2v) is 12.0. The number of nitriles is 1. The summed E-state index contributed by atoms with van der Waals surface area (Å²) in [5, 5.41) is 9.53. The molecule has 6 heterocycles. The Morgan fingerprint density at radius 2 is 1.98 bits per heavy atom. The number of hydrogen-bond acceptors (Lipinski definition) is 9. The first kappa shape index (κ1) is 28.3. The number of likely N-dealkylation sites (tertiary alicyclic amines) is 1. The number of rotatable bonds is 7. The standard InChI is InChI=1S/C32H42N8O2/c1-4-29(41)40-18-17-39(21-25(40)9-12-33)31-27-11-16-38(32-30-23(10-13-34-32)7-5-15-37(30)3)20-24(27)19-28(35-31)42-22-26-8-6-14-36(26)2/h4,10,13,19,25-26H,1,5-9,11,14-18,20-22H2,2-3H3/t25-,26-/m0/s1. The number of nitrogens with zero attached hydrogens (tertiary/aromatic N) is 8. The molecule has 1 amide bonds. The van der Waals surface area contributed by atoms with Crippen LogP contribution in [0.15, 0.2) is 31.0 Å². The van der Waals surface area contributed by atoms with Crippen LogP contribution in [0.5, 0.6) is 5.88 Å². The van der Waals surface area contributed by atoms with E-state index in [2.05, 4.69) is 58.5 Å². The highest BCUT2D eigenvalue weighted by atomic mass is 16.5. The summed E-state index contributed by atoms with van der Waals surface area (Å²) in [4.78, 5) is 33.7. The highest BCUT2D eigenvalue weighted by molar-refractivity contribution is 5.87. The molecule has 0 spiro atoms. The van der Waals surface area contributed by atoms with Crippen LogP contribution in [0.1, 0.15) is 42.4 Å². The van der Waals surface area contributed by atoms with Crippen molar-refractivity contribution >= 4 is 23.2 Å². The maximum atomic E-state index is 12.5. The number of aryl methyl sites for hydroxylation is 1. The van der Waals surface area contributed by atoms with Gasteiger partial charge in [-0.3, -0.25) is 4.79 Å². The molecule has 10 heteroatoms. The molecular formula is C32H42N8O2. The van der Waals surface area contributed by atoms with Crippen LogP contribution in [0, 0.1) is 11.3 Å². The van der Waals surface area contributed by atoms with Gasteiger partial charge in [0, 0.05) is 70.2 Å². The number of anilines is 3. The Hall–Kier alpha value is -3.84. The molecule has 42 heavy (non-hydrogen) atoms. The van der Waals surface area contributed by atoms with E-state index in [1.807, 2.05) is 6.20 Å². The van der Waals surface area contributed by atoms with E-state index in [9.17, 15) is 10.1 Å². The number of ether oxygens (including phenoxy) is 1. The van der Waals surface area contributed by atoms with Gasteiger partial charge in [-0.15, -0.1) is 0 Å². The lowest BCUT2D eigenvalue weighted by atomic mass is 9.98. The number of pyridine rings is 2. The highest BCUT2D eigenvalue weighted by Crippen LogP contribution is 2.39. The number of carbonyl (C=O) groups excluding carboxylic acids is 1. The van der Waals surface area contributed by atoms with Gasteiger partial charge in [0.15, 0.2) is 5.82 Å². The molecule has 0 radical (unpaired) electrons. The summed E-state index contributed by atoms with van der Waals surface area (Å²) in [6.45, 7) is 9.75. The first-order chi connectivity index (χ1) is 20.5. The minimum Gasteiger partial charge on any atom is -0.476 e. The lowest BCUT2D eigenvalue weighted by Gasteiger charge is -2.42. The SMILES string of the molecule is C=CC(=O)N1CCN(c2nc(OC[C@@H]3CCCN3C)cc3c2CCN(c2nccc4c2N(C)CCC4)C3)C[C@@H]1CC#N. The summed E-state index contributed by atoms with van der Waals surface area (Å²) in [5.74, 6) is 2.50. The zero-order chi connectivity index (χ0) is 29.2. The molecule has 0 aliphatic carbocycles. The number of hydrogen-bond donors (Lipinski definition) is 0. The molecule has 4 aliphatic heterocycles. The highest BCUT2D eigenvalue weighted by Gasteiger charge is 2.34. The van der Waals surface area contributed by atoms with Crippen molar-refractivity contribution in [2.45, 2.75) is 57.2 Å². The van der Waals surface area contributed by atoms with Crippen molar-refractivity contribution in [2.75, 3.05) is 74.7 Å². The normalized spacial score (nSPS) is 22.4. The summed E-state index contributed by atoms with van der Waals surface area (Å²) in [6.07, 6.45) is 8.99. The number of carbonyl (C=O) groups is 1. The zero-order valence-corrected chi connectivity index (χ0v) is 25.0. The molecule has 0 N–H and O–H groups in total. The van der Waals surface area contributed by atoms with Crippen molar-refractivity contribution < 1.29 is 9.53 Å². The van der Waals surface area contributed by atoms with Gasteiger partial charge < -0.3 is 29.2 Å². The van der Waals surface area contributed by atoms with E-state index < -0.39 is 0 Å². The summed E-state index contributed by atoms with van der Waals surface area (Å²) >= 11 is 0. The molecule has 10 nitrogen and oxygen atoms in total. The van der Waals surface area contributed by atoms with Crippen LogP contribution in [0.3, 0.4) is 0 Å². The van der Waals surface area contributed by atoms with E-state index in [1.165, 1.54) is 41.3 Å². The lowest BCUT2D eigenvalue weighted by molar-refractivity contribution is -0.128. The van der Waals surface area contributed by atoms with E-state index in [0.717, 1.165) is 57.1 Å². The Balaban J connectivity index is 1.32. The van der Waals surface area contributed by atoms with Gasteiger partial charge in [0.1, 0.15) is 12.4 Å². The van der Waals surface area contributed by atoms with Gasteiger partial charge in [-0.2, -0.15) is 10.2 Å². The minimum absolute atomic E-state index is 0.123. The second kappa shape index (κ2) is 12.2. The van der Waals surface area contributed by atoms with Crippen LogP contribution in [-0.2, 0) is 24.2 Å². The molecule has 0 bridgehead atoms. The molecular weight excluding hydrogens is 528 g/mol. The van der Waals surface area contributed by atoms with Crippen molar-refractivity contribution in [1.82, 2.24) is 19.8 Å². The number of likely N-dealkylation sites (N-methyl/N-ethyl adjacent to an activating group) is 1. The first-order valence-electron chi connectivity index (χ1n) is 15.3. The molecule has 2 fully saturated rings. The Labute approximate surface area is 249 Å². The molecule has 6 rings (SSSR count). The van der Waals surface area contributed by atoms with Crippen LogP contribution in [0.4, 0.5) is 17.3 Å². The summed E-state index contributed by atoms with van der Waals surface area (Å²) in [5.41, 5.74) is 5.06. The van der Waals surface area contributed by atoms with Crippen LogP contribution >= 0.6 is 0 Å². The minimum atomic E-state index is -0.209. The monoisotopic (exact) mass is 570 g/mol. The fourth-order valence-electron chi connectivity index (χ4n) is 7.10. The fourth-order valence-corrected chi connectivity index (χ4v) is 7.10. The van der Waals surface area contributed by atoms with E-state index in [1.54, 1.807) is 4.90 Å². The Morgan fingerprint density at radius 3 is 2.76 bits per heavy atom. The average molecular weight is 571 g/mol. The van der Waals surface area contributed by atoms with Crippen LogP contribution in [0.2, 0.25) is 0 Å². The van der Waals surface area contributed by atoms with E-state index in [-0.39, 0.29) is 18.4 Å². The third kappa shape index (κ3) is 5.50. The van der Waals surface area contributed by atoms with Crippen LogP contribution in [0.25, 0.3) is 0 Å². The number of piperazine rings is 1. The van der Waals surface area contributed by atoms with Crippen molar-refractivity contribution in [3.05, 3.63) is 47.7 Å². The van der Waals surface area contributed by atoms with Gasteiger partial charge in [-0.25, -0.2) is 4.98 Å². The molecule has 2 aromatic heterocycles. The summed E-state index contributed by atoms with van der Waals surface area (Å²) in [6, 6.07) is 6.75. The van der Waals surface area contributed by atoms with Gasteiger partial charge in [0.25, 0.3) is 0 Å². The smallest absolute Gasteiger partial charge is 0.246 e. The van der Waals surface area contributed by atoms with Gasteiger partial charge >= 0.3 is 0 Å². The average Bonchev–Trinajstić information content (AvgIpc) is 3.43. The third-order valence-corrected chi connectivity index (χ3v) is 9.44. The van der Waals surface area contributed by atoms with E-state index in [0.29, 0.717) is 38.2 Å². The van der Waals surface area contributed by atoms with Gasteiger partial charge in [-0.1, -0.05) is 6.58 Å². The van der Waals surface area contributed by atoms with Crippen molar-refractivity contribution in [3.63, 3.8) is 0 Å². The Kier molecular flexibility index (Phi) is 8.20. The Bertz CT molecular complexity index is 1370. The molecule has 2 saturated heterocycles. The fraction of sp³-hybridized carbons (Fsp3) is 0.562. The largest absolute Gasteiger partial charge is 0.476 e.